The van der Waals surface area contributed by atoms with E-state index in [1.54, 1.807) is 24.3 Å². The quantitative estimate of drug-likeness (QED) is 0.536. The standard InChI is InChI=1S/C15H10Cl2INO/c16-11-3-1-10(14(17)9-11)2-8-15(20)19-13-6-4-12(18)5-7-13/h1-9H,(H,19,20). The predicted octanol–water partition coefficient (Wildman–Crippen LogP) is 5.25. The largest absolute Gasteiger partial charge is 0.323 e. The lowest BCUT2D eigenvalue weighted by Gasteiger charge is -2.02. The number of rotatable bonds is 3. The summed E-state index contributed by atoms with van der Waals surface area (Å²) in [6.07, 6.45) is 3.09. The minimum atomic E-state index is -0.211. The van der Waals surface area contributed by atoms with Crippen molar-refractivity contribution in [1.82, 2.24) is 0 Å². The van der Waals surface area contributed by atoms with Gasteiger partial charge in [0.1, 0.15) is 0 Å². The molecule has 5 heteroatoms. The van der Waals surface area contributed by atoms with Crippen molar-refractivity contribution in [2.75, 3.05) is 5.32 Å². The fourth-order valence-corrected chi connectivity index (χ4v) is 2.35. The second-order valence-electron chi connectivity index (χ2n) is 4.00. The van der Waals surface area contributed by atoms with Crippen molar-refractivity contribution in [3.05, 3.63) is 67.7 Å². The van der Waals surface area contributed by atoms with Crippen molar-refractivity contribution in [2.24, 2.45) is 0 Å². The van der Waals surface area contributed by atoms with Crippen LogP contribution in [0.15, 0.2) is 48.5 Å². The number of nitrogens with one attached hydrogen (secondary N) is 1. The Morgan fingerprint density at radius 2 is 1.80 bits per heavy atom. The molecule has 2 nitrogen and oxygen atoms in total. The summed E-state index contributed by atoms with van der Waals surface area (Å²) in [6, 6.07) is 12.7. The number of amides is 1. The summed E-state index contributed by atoms with van der Waals surface area (Å²) < 4.78 is 1.11. The van der Waals surface area contributed by atoms with E-state index in [1.807, 2.05) is 24.3 Å². The normalized spacial score (nSPS) is 10.8. The number of carbonyl (C=O) groups is 1. The summed E-state index contributed by atoms with van der Waals surface area (Å²) in [5.41, 5.74) is 1.50. The number of carbonyl (C=O) groups excluding carboxylic acids is 1. The van der Waals surface area contributed by atoms with E-state index in [-0.39, 0.29) is 5.91 Å². The molecule has 2 aromatic carbocycles. The monoisotopic (exact) mass is 417 g/mol. The Labute approximate surface area is 140 Å². The topological polar surface area (TPSA) is 29.1 Å². The summed E-state index contributed by atoms with van der Waals surface area (Å²) in [6.45, 7) is 0. The fraction of sp³-hybridized carbons (Fsp3) is 0. The van der Waals surface area contributed by atoms with Gasteiger partial charge < -0.3 is 5.32 Å². The molecule has 0 fully saturated rings. The second-order valence-corrected chi connectivity index (χ2v) is 6.08. The molecule has 0 aliphatic carbocycles. The van der Waals surface area contributed by atoms with Crippen LogP contribution in [0.3, 0.4) is 0 Å². The highest BCUT2D eigenvalue weighted by atomic mass is 127. The van der Waals surface area contributed by atoms with Gasteiger partial charge in [0.05, 0.1) is 0 Å². The number of halogens is 3. The summed E-state index contributed by atoms with van der Waals surface area (Å²) in [7, 11) is 0. The van der Waals surface area contributed by atoms with Crippen LogP contribution in [-0.2, 0) is 4.79 Å². The minimum Gasteiger partial charge on any atom is -0.323 e. The Morgan fingerprint density at radius 3 is 2.45 bits per heavy atom. The van der Waals surface area contributed by atoms with Crippen LogP contribution >= 0.6 is 45.8 Å². The maximum Gasteiger partial charge on any atom is 0.248 e. The molecule has 0 saturated carbocycles. The molecule has 0 saturated heterocycles. The molecule has 1 amide bonds. The zero-order chi connectivity index (χ0) is 14.5. The van der Waals surface area contributed by atoms with Crippen LogP contribution in [0.2, 0.25) is 10.0 Å². The number of hydrogen-bond donors (Lipinski definition) is 1. The van der Waals surface area contributed by atoms with Crippen molar-refractivity contribution in [1.29, 1.82) is 0 Å². The highest BCUT2D eigenvalue weighted by Crippen LogP contribution is 2.22. The molecule has 0 aromatic heterocycles. The lowest BCUT2D eigenvalue weighted by Crippen LogP contribution is -2.07. The lowest BCUT2D eigenvalue weighted by molar-refractivity contribution is -0.111. The van der Waals surface area contributed by atoms with E-state index in [4.69, 9.17) is 23.2 Å². The van der Waals surface area contributed by atoms with Gasteiger partial charge in [0.15, 0.2) is 0 Å². The van der Waals surface area contributed by atoms with Crippen LogP contribution in [0.5, 0.6) is 0 Å². The van der Waals surface area contributed by atoms with Crippen LogP contribution in [0, 0.1) is 3.57 Å². The Kier molecular flexibility index (Phi) is 5.46. The first kappa shape index (κ1) is 15.4. The third-order valence-electron chi connectivity index (χ3n) is 2.49. The first-order valence-corrected chi connectivity index (χ1v) is 7.58. The zero-order valence-electron chi connectivity index (χ0n) is 10.2. The molecule has 20 heavy (non-hydrogen) atoms. The van der Waals surface area contributed by atoms with Crippen molar-refractivity contribution >= 4 is 63.5 Å². The maximum atomic E-state index is 11.8. The van der Waals surface area contributed by atoms with Gasteiger partial charge in [-0.25, -0.2) is 0 Å². The minimum absolute atomic E-state index is 0.211. The van der Waals surface area contributed by atoms with Gasteiger partial charge in [0.25, 0.3) is 0 Å². The van der Waals surface area contributed by atoms with Gasteiger partial charge in [-0.15, -0.1) is 0 Å². The molecule has 2 aromatic rings. The molecule has 102 valence electrons. The highest BCUT2D eigenvalue weighted by Gasteiger charge is 2.00. The molecule has 1 N–H and O–H groups in total. The maximum absolute atomic E-state index is 11.8. The van der Waals surface area contributed by atoms with Gasteiger partial charge in [-0.1, -0.05) is 29.3 Å². The molecule has 0 heterocycles. The van der Waals surface area contributed by atoms with E-state index < -0.39 is 0 Å². The third kappa shape index (κ3) is 4.51. The summed E-state index contributed by atoms with van der Waals surface area (Å²) >= 11 is 14.0. The second kappa shape index (κ2) is 7.11. The molecule has 0 aliphatic rings. The lowest BCUT2D eigenvalue weighted by atomic mass is 10.2. The molecular formula is C15H10Cl2INO. The van der Waals surface area contributed by atoms with Gasteiger partial charge in [0, 0.05) is 25.4 Å². The molecule has 0 radical (unpaired) electrons. The zero-order valence-corrected chi connectivity index (χ0v) is 13.9. The van der Waals surface area contributed by atoms with Crippen LogP contribution in [0.4, 0.5) is 5.69 Å². The van der Waals surface area contributed by atoms with Crippen molar-refractivity contribution < 1.29 is 4.79 Å². The SMILES string of the molecule is O=C(C=Cc1ccc(Cl)cc1Cl)Nc1ccc(I)cc1. The third-order valence-corrected chi connectivity index (χ3v) is 3.77. The van der Waals surface area contributed by atoms with Gasteiger partial charge in [-0.05, 0) is 70.6 Å². The Hall–Kier alpha value is -1.04. The van der Waals surface area contributed by atoms with Gasteiger partial charge in [-0.2, -0.15) is 0 Å². The molecule has 0 aliphatic heterocycles. The predicted molar refractivity (Wildman–Crippen MR) is 93.3 cm³/mol. The molecule has 0 bridgehead atoms. The number of hydrogen-bond acceptors (Lipinski definition) is 1. The fourth-order valence-electron chi connectivity index (χ4n) is 1.52. The van der Waals surface area contributed by atoms with Crippen molar-refractivity contribution in [3.63, 3.8) is 0 Å². The highest BCUT2D eigenvalue weighted by molar-refractivity contribution is 14.1. The van der Waals surface area contributed by atoms with E-state index in [1.165, 1.54) is 6.08 Å². The Balaban J connectivity index is 2.03. The first-order valence-electron chi connectivity index (χ1n) is 5.74. The van der Waals surface area contributed by atoms with E-state index in [2.05, 4.69) is 27.9 Å². The van der Waals surface area contributed by atoms with Crippen LogP contribution in [-0.4, -0.2) is 5.91 Å². The first-order chi connectivity index (χ1) is 9.54. The van der Waals surface area contributed by atoms with Crippen LogP contribution < -0.4 is 5.32 Å². The van der Waals surface area contributed by atoms with Crippen LogP contribution in [0.25, 0.3) is 6.08 Å². The van der Waals surface area contributed by atoms with Gasteiger partial charge >= 0.3 is 0 Å². The molecule has 0 spiro atoms. The van der Waals surface area contributed by atoms with E-state index in [9.17, 15) is 4.79 Å². The summed E-state index contributed by atoms with van der Waals surface area (Å²) in [4.78, 5) is 11.8. The number of anilines is 1. The Morgan fingerprint density at radius 1 is 1.10 bits per heavy atom. The van der Waals surface area contributed by atoms with Crippen LogP contribution in [0.1, 0.15) is 5.56 Å². The summed E-state index contributed by atoms with van der Waals surface area (Å²) in [5.74, 6) is -0.211. The Bertz CT molecular complexity index is 653. The summed E-state index contributed by atoms with van der Waals surface area (Å²) in [5, 5.41) is 3.85. The smallest absolute Gasteiger partial charge is 0.248 e. The van der Waals surface area contributed by atoms with E-state index >= 15 is 0 Å². The molecule has 0 unspecified atom stereocenters. The van der Waals surface area contributed by atoms with Crippen molar-refractivity contribution in [3.8, 4) is 0 Å². The van der Waals surface area contributed by atoms with E-state index in [0.29, 0.717) is 10.0 Å². The molecule has 0 atom stereocenters. The van der Waals surface area contributed by atoms with Gasteiger partial charge in [0.2, 0.25) is 5.91 Å². The molecular weight excluding hydrogens is 408 g/mol. The average Bonchev–Trinajstić information content (AvgIpc) is 2.40. The molecule has 2 rings (SSSR count). The van der Waals surface area contributed by atoms with Crippen molar-refractivity contribution in [2.45, 2.75) is 0 Å². The average molecular weight is 418 g/mol. The number of benzene rings is 2. The van der Waals surface area contributed by atoms with Gasteiger partial charge in [-0.3, -0.25) is 4.79 Å². The van der Waals surface area contributed by atoms with E-state index in [0.717, 1.165) is 14.8 Å².